The number of phosphoric acid groups is 2. The van der Waals surface area contributed by atoms with Gasteiger partial charge in [0, 0.05) is 25.7 Å². The van der Waals surface area contributed by atoms with Crippen LogP contribution in [-0.2, 0) is 65.4 Å². The molecule has 0 aliphatic carbocycles. The molecule has 0 aromatic heterocycles. The van der Waals surface area contributed by atoms with E-state index in [4.69, 9.17) is 37.0 Å². The first-order chi connectivity index (χ1) is 42.1. The lowest BCUT2D eigenvalue weighted by Gasteiger charge is -2.21. The Hall–Kier alpha value is -1.94. The van der Waals surface area contributed by atoms with Crippen LogP contribution in [0.1, 0.15) is 338 Å². The minimum absolute atomic E-state index is 0.102. The Morgan fingerprint density at radius 3 is 0.807 bits per heavy atom. The van der Waals surface area contributed by atoms with Gasteiger partial charge in [0.2, 0.25) is 0 Å². The predicted molar refractivity (Wildman–Crippen MR) is 354 cm³/mol. The Kier molecular flexibility index (Phi) is 57.6. The first-order valence-corrected chi connectivity index (χ1v) is 38.7. The van der Waals surface area contributed by atoms with Gasteiger partial charge in [0.05, 0.1) is 26.4 Å². The molecule has 6 atom stereocenters. The molecule has 0 radical (unpaired) electrons. The highest BCUT2D eigenvalue weighted by Gasteiger charge is 2.30. The molecule has 0 saturated heterocycles. The molecule has 0 amide bonds. The summed E-state index contributed by atoms with van der Waals surface area (Å²) in [6.07, 6.45) is 40.5. The van der Waals surface area contributed by atoms with Crippen molar-refractivity contribution >= 4 is 39.5 Å². The van der Waals surface area contributed by atoms with E-state index in [1.54, 1.807) is 0 Å². The van der Waals surface area contributed by atoms with E-state index in [0.717, 1.165) is 114 Å². The highest BCUT2D eigenvalue weighted by atomic mass is 31.2. The van der Waals surface area contributed by atoms with Crippen LogP contribution in [0.3, 0.4) is 0 Å². The lowest BCUT2D eigenvalue weighted by molar-refractivity contribution is -0.161. The van der Waals surface area contributed by atoms with Gasteiger partial charge < -0.3 is 33.8 Å². The minimum atomic E-state index is -4.95. The smallest absolute Gasteiger partial charge is 0.462 e. The molecule has 0 aliphatic heterocycles. The molecule has 0 aromatic rings. The Morgan fingerprint density at radius 1 is 0.318 bits per heavy atom. The van der Waals surface area contributed by atoms with E-state index in [9.17, 15) is 43.2 Å². The quantitative estimate of drug-likeness (QED) is 0.0222. The Bertz CT molecular complexity index is 1750. The van der Waals surface area contributed by atoms with E-state index < -0.39 is 97.5 Å². The first kappa shape index (κ1) is 86.1. The average molecular weight is 1300 g/mol. The molecule has 522 valence electrons. The van der Waals surface area contributed by atoms with Crippen molar-refractivity contribution in [3.8, 4) is 0 Å². The van der Waals surface area contributed by atoms with Crippen molar-refractivity contribution < 1.29 is 80.2 Å². The van der Waals surface area contributed by atoms with Gasteiger partial charge in [-0.15, -0.1) is 0 Å². The van der Waals surface area contributed by atoms with E-state index in [1.165, 1.54) is 135 Å². The summed E-state index contributed by atoms with van der Waals surface area (Å²) in [6, 6.07) is 0. The number of phosphoric ester groups is 2. The van der Waals surface area contributed by atoms with Crippen LogP contribution < -0.4 is 0 Å². The summed E-state index contributed by atoms with van der Waals surface area (Å²) >= 11 is 0. The third-order valence-corrected chi connectivity index (χ3v) is 18.1. The molecule has 0 saturated carbocycles. The van der Waals surface area contributed by atoms with E-state index in [2.05, 4.69) is 55.4 Å². The molecule has 17 nitrogen and oxygen atoms in total. The van der Waals surface area contributed by atoms with Crippen molar-refractivity contribution in [3.63, 3.8) is 0 Å². The van der Waals surface area contributed by atoms with Crippen molar-refractivity contribution in [1.82, 2.24) is 0 Å². The zero-order valence-corrected chi connectivity index (χ0v) is 59.1. The number of hydrogen-bond acceptors (Lipinski definition) is 15. The van der Waals surface area contributed by atoms with Crippen LogP contribution in [0.5, 0.6) is 0 Å². The lowest BCUT2D eigenvalue weighted by atomic mass is 10.00. The zero-order valence-electron chi connectivity index (χ0n) is 57.3. The van der Waals surface area contributed by atoms with Gasteiger partial charge in [-0.2, -0.15) is 0 Å². The second kappa shape index (κ2) is 58.8. The largest absolute Gasteiger partial charge is 0.472 e. The fraction of sp³-hybridized carbons (Fsp3) is 0.942. The van der Waals surface area contributed by atoms with Crippen LogP contribution in [-0.4, -0.2) is 96.7 Å². The van der Waals surface area contributed by atoms with Crippen LogP contribution in [0, 0.1) is 23.7 Å². The second-order valence-electron chi connectivity index (χ2n) is 26.6. The van der Waals surface area contributed by atoms with E-state index in [0.29, 0.717) is 31.6 Å². The number of ether oxygens (including phenoxy) is 4. The van der Waals surface area contributed by atoms with Crippen molar-refractivity contribution in [3.05, 3.63) is 0 Å². The molecule has 88 heavy (non-hydrogen) atoms. The summed E-state index contributed by atoms with van der Waals surface area (Å²) in [5, 5.41) is 10.6. The highest BCUT2D eigenvalue weighted by Crippen LogP contribution is 2.45. The highest BCUT2D eigenvalue weighted by molar-refractivity contribution is 7.47. The number of unbranched alkanes of at least 4 members (excludes halogenated alkanes) is 31. The van der Waals surface area contributed by atoms with Crippen LogP contribution in [0.25, 0.3) is 0 Å². The average Bonchev–Trinajstić information content (AvgIpc) is 3.59. The summed E-state index contributed by atoms with van der Waals surface area (Å²) in [4.78, 5) is 72.4. The number of hydrogen-bond donors (Lipinski definition) is 3. The maximum atomic E-state index is 13.0. The number of aliphatic hydroxyl groups excluding tert-OH is 1. The van der Waals surface area contributed by atoms with Gasteiger partial charge in [-0.3, -0.25) is 37.3 Å². The van der Waals surface area contributed by atoms with Crippen molar-refractivity contribution in [1.29, 1.82) is 0 Å². The minimum Gasteiger partial charge on any atom is -0.462 e. The number of carbonyl (C=O) groups is 4. The summed E-state index contributed by atoms with van der Waals surface area (Å²) in [5.41, 5.74) is 0. The van der Waals surface area contributed by atoms with Crippen molar-refractivity contribution in [2.75, 3.05) is 39.6 Å². The molecule has 0 aromatic carbocycles. The molecular weight excluding hydrogens is 1160 g/mol. The molecule has 0 aliphatic rings. The van der Waals surface area contributed by atoms with Gasteiger partial charge in [-0.25, -0.2) is 9.13 Å². The predicted octanol–water partition coefficient (Wildman–Crippen LogP) is 19.3. The third kappa shape index (κ3) is 61.6. The third-order valence-electron chi connectivity index (χ3n) is 16.2. The molecule has 0 fully saturated rings. The van der Waals surface area contributed by atoms with Gasteiger partial charge in [0.25, 0.3) is 0 Å². The zero-order chi connectivity index (χ0) is 65.4. The van der Waals surface area contributed by atoms with Gasteiger partial charge in [0.1, 0.15) is 19.3 Å². The van der Waals surface area contributed by atoms with Gasteiger partial charge in [-0.1, -0.05) is 287 Å². The summed E-state index contributed by atoms with van der Waals surface area (Å²) in [5.74, 6) is 0.814. The molecule has 0 heterocycles. The SMILES string of the molecule is CCC(C)CCCCCCCCC(=O)OC[C@H](COP(=O)(O)OC[C@H](O)COP(=O)(O)OC[C@@H](COC(=O)CCCCCCCCCCC(C)C)OC(=O)CCCCCCCCCC(C)C)OC(=O)CCCCCCCCCCCCCCCCC(C)C. The molecule has 3 unspecified atom stereocenters. The Balaban J connectivity index is 5.23. The summed E-state index contributed by atoms with van der Waals surface area (Å²) < 4.78 is 68.2. The maximum absolute atomic E-state index is 13.0. The van der Waals surface area contributed by atoms with Crippen molar-refractivity contribution in [2.24, 2.45) is 23.7 Å². The molecule has 19 heteroatoms. The normalized spacial score (nSPS) is 14.6. The van der Waals surface area contributed by atoms with Crippen LogP contribution >= 0.6 is 15.6 Å². The first-order valence-electron chi connectivity index (χ1n) is 35.7. The molecule has 0 rings (SSSR count). The van der Waals surface area contributed by atoms with E-state index in [1.807, 2.05) is 0 Å². The molecule has 0 spiro atoms. The van der Waals surface area contributed by atoms with Crippen LogP contribution in [0.4, 0.5) is 0 Å². The molecule has 3 N–H and O–H groups in total. The van der Waals surface area contributed by atoms with Crippen molar-refractivity contribution in [2.45, 2.75) is 356 Å². The van der Waals surface area contributed by atoms with Crippen LogP contribution in [0.15, 0.2) is 0 Å². The maximum Gasteiger partial charge on any atom is 0.472 e. The molecule has 0 bridgehead atoms. The lowest BCUT2D eigenvalue weighted by Crippen LogP contribution is -2.30. The van der Waals surface area contributed by atoms with Gasteiger partial charge >= 0.3 is 39.5 Å². The summed E-state index contributed by atoms with van der Waals surface area (Å²) in [6.45, 7) is 14.0. The standard InChI is InChI=1S/C69H134O17P2/c1-9-62(8)48-40-32-27-28-34-42-50-67(72)80-56-65(85-68(73)51-43-35-25-17-15-13-11-10-12-14-16-21-29-37-45-59(2)3)58-84-88(77,78)82-54-63(70)53-81-87(75,76)83-57-64(86-69(74)52-44-36-26-20-23-31-39-47-61(6)7)55-79-66(71)49-41-33-24-19-18-22-30-38-46-60(4)5/h59-65,70H,9-58H2,1-8H3,(H,75,76)(H,77,78)/t62?,63-,64-,65-/m1/s1. The van der Waals surface area contributed by atoms with Gasteiger partial charge in [0.15, 0.2) is 12.2 Å². The summed E-state index contributed by atoms with van der Waals surface area (Å²) in [7, 11) is -9.90. The number of esters is 4. The number of aliphatic hydroxyl groups is 1. The van der Waals surface area contributed by atoms with Crippen LogP contribution in [0.2, 0.25) is 0 Å². The van der Waals surface area contributed by atoms with E-state index >= 15 is 0 Å². The fourth-order valence-corrected chi connectivity index (χ4v) is 11.9. The second-order valence-corrected chi connectivity index (χ2v) is 29.5. The Morgan fingerprint density at radius 2 is 0.545 bits per heavy atom. The monoisotopic (exact) mass is 1300 g/mol. The number of carbonyl (C=O) groups excluding carboxylic acids is 4. The number of rotatable bonds is 66. The Labute approximate surface area is 537 Å². The van der Waals surface area contributed by atoms with Gasteiger partial charge in [-0.05, 0) is 49.4 Å². The topological polar surface area (TPSA) is 237 Å². The fourth-order valence-electron chi connectivity index (χ4n) is 10.3. The molecular formula is C69H134O17P2. The van der Waals surface area contributed by atoms with E-state index in [-0.39, 0.29) is 25.7 Å².